The third-order valence-corrected chi connectivity index (χ3v) is 3.58. The fourth-order valence-corrected chi connectivity index (χ4v) is 2.54. The van der Waals surface area contributed by atoms with Crippen LogP contribution in [0.25, 0.3) is 0 Å². The van der Waals surface area contributed by atoms with Crippen molar-refractivity contribution < 1.29 is 9.53 Å². The molecule has 0 saturated heterocycles. The summed E-state index contributed by atoms with van der Waals surface area (Å²) in [6.07, 6.45) is 1.65. The molecule has 0 radical (unpaired) electrons. The molecule has 1 amide bonds. The van der Waals surface area contributed by atoms with Crippen LogP contribution in [0.2, 0.25) is 0 Å². The van der Waals surface area contributed by atoms with E-state index in [9.17, 15) is 4.79 Å². The van der Waals surface area contributed by atoms with Crippen LogP contribution in [0.5, 0.6) is 0 Å². The molecule has 5 nitrogen and oxygen atoms in total. The van der Waals surface area contributed by atoms with E-state index in [1.807, 2.05) is 39.8 Å². The number of anilines is 2. The molecule has 0 fully saturated rings. The Morgan fingerprint density at radius 3 is 2.82 bits per heavy atom. The van der Waals surface area contributed by atoms with Gasteiger partial charge >= 0.3 is 6.09 Å². The molecule has 1 heterocycles. The Hall–Kier alpha value is -1.75. The summed E-state index contributed by atoms with van der Waals surface area (Å²) in [4.78, 5) is 14.1. The minimum atomic E-state index is -0.479. The molecule has 3 N–H and O–H groups in total. The predicted octanol–water partition coefficient (Wildman–Crippen LogP) is 3.13. The average molecular weight is 305 g/mol. The highest BCUT2D eigenvalue weighted by atomic mass is 16.6. The largest absolute Gasteiger partial charge is 0.443 e. The fraction of sp³-hybridized carbons (Fsp3) is 0.588. The number of nitrogens with zero attached hydrogens (tertiary/aromatic N) is 1. The van der Waals surface area contributed by atoms with Gasteiger partial charge in [-0.1, -0.05) is 0 Å². The minimum absolute atomic E-state index is 0.226. The van der Waals surface area contributed by atoms with Gasteiger partial charge in [0.1, 0.15) is 5.60 Å². The van der Waals surface area contributed by atoms with Crippen molar-refractivity contribution in [1.29, 1.82) is 0 Å². The lowest BCUT2D eigenvalue weighted by Crippen LogP contribution is -2.39. The van der Waals surface area contributed by atoms with E-state index >= 15 is 0 Å². The van der Waals surface area contributed by atoms with Crippen molar-refractivity contribution >= 4 is 17.5 Å². The van der Waals surface area contributed by atoms with Gasteiger partial charge in [-0.2, -0.15) is 0 Å². The highest BCUT2D eigenvalue weighted by molar-refractivity contribution is 5.90. The molecule has 2 rings (SSSR count). The Kier molecular flexibility index (Phi) is 4.96. The van der Waals surface area contributed by atoms with Crippen LogP contribution in [0.1, 0.15) is 39.7 Å². The molecular weight excluding hydrogens is 278 g/mol. The number of hydrogen-bond donors (Lipinski definition) is 2. The fourth-order valence-electron chi connectivity index (χ4n) is 2.54. The molecule has 1 aliphatic heterocycles. The van der Waals surface area contributed by atoms with Crippen LogP contribution in [0.15, 0.2) is 18.2 Å². The molecular formula is C17H27N3O2. The zero-order valence-corrected chi connectivity index (χ0v) is 14.0. The highest BCUT2D eigenvalue weighted by Crippen LogP contribution is 2.31. The Balaban J connectivity index is 2.19. The molecule has 0 saturated carbocycles. The van der Waals surface area contributed by atoms with E-state index < -0.39 is 5.60 Å². The Morgan fingerprint density at radius 1 is 1.45 bits per heavy atom. The van der Waals surface area contributed by atoms with Gasteiger partial charge in [0.25, 0.3) is 0 Å². The minimum Gasteiger partial charge on any atom is -0.443 e. The Bertz CT molecular complexity index is 537. The Labute approximate surface area is 132 Å². The van der Waals surface area contributed by atoms with Crippen LogP contribution in [0, 0.1) is 0 Å². The number of fused-ring (bicyclic) bond motifs is 1. The third-order valence-electron chi connectivity index (χ3n) is 3.58. The summed E-state index contributed by atoms with van der Waals surface area (Å²) in [6.45, 7) is 8.99. The number of nitrogens with one attached hydrogen (secondary N) is 1. The van der Waals surface area contributed by atoms with Crippen molar-refractivity contribution in [3.8, 4) is 0 Å². The van der Waals surface area contributed by atoms with Crippen LogP contribution in [-0.2, 0) is 11.2 Å². The van der Waals surface area contributed by atoms with Crippen molar-refractivity contribution in [2.45, 2.75) is 52.2 Å². The summed E-state index contributed by atoms with van der Waals surface area (Å²) >= 11 is 0. The molecule has 1 aromatic rings. The summed E-state index contributed by atoms with van der Waals surface area (Å²) in [5.74, 6) is 0. The van der Waals surface area contributed by atoms with Crippen LogP contribution >= 0.6 is 0 Å². The second-order valence-corrected chi connectivity index (χ2v) is 6.86. The van der Waals surface area contributed by atoms with Crippen molar-refractivity contribution in [3.05, 3.63) is 23.8 Å². The van der Waals surface area contributed by atoms with Gasteiger partial charge in [-0.15, -0.1) is 0 Å². The molecule has 0 aromatic heterocycles. The van der Waals surface area contributed by atoms with Crippen molar-refractivity contribution in [3.63, 3.8) is 0 Å². The first kappa shape index (κ1) is 16.6. The Morgan fingerprint density at radius 2 is 2.18 bits per heavy atom. The number of hydrogen-bond acceptors (Lipinski definition) is 4. The van der Waals surface area contributed by atoms with Gasteiger partial charge in [0.2, 0.25) is 0 Å². The van der Waals surface area contributed by atoms with Crippen molar-refractivity contribution in [1.82, 2.24) is 0 Å². The second-order valence-electron chi connectivity index (χ2n) is 6.86. The number of amides is 1. The maximum absolute atomic E-state index is 12.4. The maximum atomic E-state index is 12.4. The zero-order chi connectivity index (χ0) is 16.3. The van der Waals surface area contributed by atoms with Crippen LogP contribution in [-0.4, -0.2) is 30.8 Å². The van der Waals surface area contributed by atoms with Crippen LogP contribution in [0.4, 0.5) is 16.2 Å². The molecule has 1 aromatic carbocycles. The normalized spacial score (nSPS) is 16.0. The number of carbonyl (C=O) groups is 1. The first-order valence-electron chi connectivity index (χ1n) is 7.90. The SMILES string of the molecule is CC(CN)Nc1ccc2c(c1)CCCN2C(=O)OC(C)(C)C. The van der Waals surface area contributed by atoms with Gasteiger partial charge in [-0.05, 0) is 64.3 Å². The van der Waals surface area contributed by atoms with Crippen LogP contribution in [0.3, 0.4) is 0 Å². The van der Waals surface area contributed by atoms with Gasteiger partial charge in [0, 0.05) is 24.8 Å². The average Bonchev–Trinajstić information content (AvgIpc) is 2.44. The maximum Gasteiger partial charge on any atom is 0.414 e. The first-order chi connectivity index (χ1) is 10.3. The summed E-state index contributed by atoms with van der Waals surface area (Å²) in [6, 6.07) is 6.32. The number of aryl methyl sites for hydroxylation is 1. The molecule has 1 aliphatic rings. The number of nitrogens with two attached hydrogens (primary N) is 1. The number of benzene rings is 1. The lowest BCUT2D eigenvalue weighted by molar-refractivity contribution is 0.0578. The summed E-state index contributed by atoms with van der Waals surface area (Å²) in [5, 5.41) is 3.36. The monoisotopic (exact) mass is 305 g/mol. The summed E-state index contributed by atoms with van der Waals surface area (Å²) in [7, 11) is 0. The number of rotatable bonds is 3. The molecule has 1 atom stereocenters. The quantitative estimate of drug-likeness (QED) is 0.900. The van der Waals surface area contributed by atoms with Gasteiger partial charge in [0.15, 0.2) is 0 Å². The van der Waals surface area contributed by atoms with Gasteiger partial charge in [0.05, 0.1) is 5.69 Å². The first-order valence-corrected chi connectivity index (χ1v) is 7.90. The van der Waals surface area contributed by atoms with Crippen molar-refractivity contribution in [2.75, 3.05) is 23.3 Å². The van der Waals surface area contributed by atoms with E-state index in [1.54, 1.807) is 4.90 Å². The third kappa shape index (κ3) is 4.13. The standard InChI is InChI=1S/C17H27N3O2/c1-12(11-18)19-14-7-8-15-13(10-14)6-5-9-20(15)16(21)22-17(2,3)4/h7-8,10,12,19H,5-6,9,11,18H2,1-4H3. The molecule has 22 heavy (non-hydrogen) atoms. The number of carbonyl (C=O) groups excluding carboxylic acids is 1. The smallest absolute Gasteiger partial charge is 0.414 e. The highest BCUT2D eigenvalue weighted by Gasteiger charge is 2.27. The van der Waals surface area contributed by atoms with Gasteiger partial charge in [-0.25, -0.2) is 4.79 Å². The lowest BCUT2D eigenvalue weighted by atomic mass is 10.0. The lowest BCUT2D eigenvalue weighted by Gasteiger charge is -2.32. The number of ether oxygens (including phenoxy) is 1. The van der Waals surface area contributed by atoms with E-state index in [0.717, 1.165) is 24.2 Å². The summed E-state index contributed by atoms with van der Waals surface area (Å²) in [5.41, 5.74) is 8.33. The molecule has 0 spiro atoms. The molecule has 0 aliphatic carbocycles. The van der Waals surface area contributed by atoms with Gasteiger partial charge in [-0.3, -0.25) is 4.90 Å². The second kappa shape index (κ2) is 6.57. The van der Waals surface area contributed by atoms with E-state index in [4.69, 9.17) is 10.5 Å². The summed E-state index contributed by atoms with van der Waals surface area (Å²) < 4.78 is 5.50. The molecule has 0 bridgehead atoms. The molecule has 5 heteroatoms. The van der Waals surface area contributed by atoms with E-state index in [1.165, 1.54) is 5.56 Å². The predicted molar refractivity (Wildman–Crippen MR) is 90.5 cm³/mol. The van der Waals surface area contributed by atoms with Crippen LogP contribution < -0.4 is 16.0 Å². The van der Waals surface area contributed by atoms with E-state index in [0.29, 0.717) is 13.1 Å². The molecule has 122 valence electrons. The van der Waals surface area contributed by atoms with Crippen molar-refractivity contribution in [2.24, 2.45) is 5.73 Å². The topological polar surface area (TPSA) is 67.6 Å². The molecule has 1 unspecified atom stereocenters. The van der Waals surface area contributed by atoms with Gasteiger partial charge < -0.3 is 15.8 Å². The zero-order valence-electron chi connectivity index (χ0n) is 14.0. The van der Waals surface area contributed by atoms with E-state index in [2.05, 4.69) is 11.4 Å². The van der Waals surface area contributed by atoms with E-state index in [-0.39, 0.29) is 12.1 Å².